The number of hydrogen-bond acceptors (Lipinski definition) is 2. The summed E-state index contributed by atoms with van der Waals surface area (Å²) < 4.78 is 0. The lowest BCUT2D eigenvalue weighted by Gasteiger charge is -2.16. The second-order valence-electron chi connectivity index (χ2n) is 5.06. The van der Waals surface area contributed by atoms with Gasteiger partial charge in [-0.2, -0.15) is 0 Å². The highest BCUT2D eigenvalue weighted by atomic mass is 16.3. The van der Waals surface area contributed by atoms with Crippen molar-refractivity contribution in [1.82, 2.24) is 0 Å². The summed E-state index contributed by atoms with van der Waals surface area (Å²) in [6, 6.07) is 14.4. The normalized spacial score (nSPS) is 14.8. The van der Waals surface area contributed by atoms with Crippen LogP contribution in [0.2, 0.25) is 0 Å². The van der Waals surface area contributed by atoms with Gasteiger partial charge in [-0.3, -0.25) is 0 Å². The lowest BCUT2D eigenvalue weighted by molar-refractivity contribution is 0.221. The lowest BCUT2D eigenvalue weighted by atomic mass is 9.97. The van der Waals surface area contributed by atoms with Crippen LogP contribution in [0.5, 0.6) is 0 Å². The summed E-state index contributed by atoms with van der Waals surface area (Å²) in [5.74, 6) is 0. The fraction of sp³-hybridized carbons (Fsp3) is 0.294. The first-order valence-electron chi connectivity index (χ1n) is 6.92. The monoisotopic (exact) mass is 253 g/mol. The van der Waals surface area contributed by atoms with E-state index in [1.807, 2.05) is 24.3 Å². The number of fused-ring (bicyclic) bond motifs is 1. The molecular weight excluding hydrogens is 234 g/mol. The molecule has 19 heavy (non-hydrogen) atoms. The van der Waals surface area contributed by atoms with Gasteiger partial charge in [-0.05, 0) is 29.5 Å². The second kappa shape index (κ2) is 5.06. The first kappa shape index (κ1) is 12.2. The third-order valence-corrected chi connectivity index (χ3v) is 3.88. The number of nitrogens with one attached hydrogen (secondary N) is 1. The molecule has 1 aliphatic rings. The highest BCUT2D eigenvalue weighted by Crippen LogP contribution is 2.33. The van der Waals surface area contributed by atoms with Gasteiger partial charge in [0.25, 0.3) is 0 Å². The van der Waals surface area contributed by atoms with Gasteiger partial charge in [-0.1, -0.05) is 49.4 Å². The quantitative estimate of drug-likeness (QED) is 0.879. The molecule has 2 heteroatoms. The van der Waals surface area contributed by atoms with Crippen molar-refractivity contribution >= 4 is 5.69 Å². The predicted molar refractivity (Wildman–Crippen MR) is 78.5 cm³/mol. The van der Waals surface area contributed by atoms with Gasteiger partial charge in [0.1, 0.15) is 6.10 Å². The molecule has 2 N–H and O–H groups in total. The molecule has 0 saturated carbocycles. The van der Waals surface area contributed by atoms with Gasteiger partial charge in [-0.25, -0.2) is 0 Å². The Labute approximate surface area is 114 Å². The molecule has 0 radical (unpaired) electrons. The molecule has 0 saturated heterocycles. The summed E-state index contributed by atoms with van der Waals surface area (Å²) >= 11 is 0. The zero-order valence-electron chi connectivity index (χ0n) is 11.2. The average molecular weight is 253 g/mol. The molecule has 1 atom stereocenters. The summed E-state index contributed by atoms with van der Waals surface area (Å²) in [6.45, 7) is 3.10. The standard InChI is InChI=1S/C17H19NO/c1-2-12-6-8-14(9-7-12)17(19)15-5-3-4-13-10-11-18-16(13)15/h3-9,17-19H,2,10-11H2,1H3. The molecule has 2 aromatic rings. The topological polar surface area (TPSA) is 32.3 Å². The SMILES string of the molecule is CCc1ccc(C(O)c2cccc3c2NCC3)cc1. The summed E-state index contributed by atoms with van der Waals surface area (Å²) in [7, 11) is 0. The van der Waals surface area contributed by atoms with Crippen molar-refractivity contribution in [3.8, 4) is 0 Å². The first-order valence-corrected chi connectivity index (χ1v) is 6.92. The zero-order chi connectivity index (χ0) is 13.2. The third-order valence-electron chi connectivity index (χ3n) is 3.88. The Kier molecular flexibility index (Phi) is 3.26. The smallest absolute Gasteiger partial charge is 0.106 e. The molecule has 2 nitrogen and oxygen atoms in total. The number of aryl methyl sites for hydroxylation is 1. The van der Waals surface area contributed by atoms with Gasteiger partial charge in [0.2, 0.25) is 0 Å². The Morgan fingerprint density at radius 3 is 2.68 bits per heavy atom. The van der Waals surface area contributed by atoms with Crippen LogP contribution < -0.4 is 5.32 Å². The maximum atomic E-state index is 10.6. The summed E-state index contributed by atoms with van der Waals surface area (Å²) in [5.41, 5.74) is 5.67. The Balaban J connectivity index is 1.95. The van der Waals surface area contributed by atoms with Crippen LogP contribution in [0.1, 0.15) is 35.3 Å². The van der Waals surface area contributed by atoms with E-state index >= 15 is 0 Å². The van der Waals surface area contributed by atoms with E-state index in [0.717, 1.165) is 36.2 Å². The van der Waals surface area contributed by atoms with E-state index in [9.17, 15) is 5.11 Å². The van der Waals surface area contributed by atoms with Crippen LogP contribution in [0.15, 0.2) is 42.5 Å². The molecule has 1 aliphatic heterocycles. The van der Waals surface area contributed by atoms with E-state index in [1.165, 1.54) is 11.1 Å². The first-order chi connectivity index (χ1) is 9.29. The highest BCUT2D eigenvalue weighted by molar-refractivity contribution is 5.63. The minimum atomic E-state index is -0.550. The van der Waals surface area contributed by atoms with Crippen LogP contribution in [0.25, 0.3) is 0 Å². The number of aliphatic hydroxyl groups excluding tert-OH is 1. The summed E-state index contributed by atoms with van der Waals surface area (Å²) in [4.78, 5) is 0. The number of para-hydroxylation sites is 1. The highest BCUT2D eigenvalue weighted by Gasteiger charge is 2.19. The van der Waals surface area contributed by atoms with Gasteiger partial charge in [0, 0.05) is 17.8 Å². The molecule has 0 aromatic heterocycles. The van der Waals surface area contributed by atoms with E-state index in [1.54, 1.807) is 0 Å². The average Bonchev–Trinajstić information content (AvgIpc) is 2.95. The molecule has 1 unspecified atom stereocenters. The van der Waals surface area contributed by atoms with Crippen molar-refractivity contribution in [2.24, 2.45) is 0 Å². The molecule has 3 rings (SSSR count). The van der Waals surface area contributed by atoms with Crippen molar-refractivity contribution in [2.75, 3.05) is 11.9 Å². The van der Waals surface area contributed by atoms with Crippen molar-refractivity contribution in [1.29, 1.82) is 0 Å². The minimum absolute atomic E-state index is 0.550. The Morgan fingerprint density at radius 2 is 1.95 bits per heavy atom. The van der Waals surface area contributed by atoms with E-state index in [0.29, 0.717) is 0 Å². The molecule has 2 aromatic carbocycles. The van der Waals surface area contributed by atoms with Crippen molar-refractivity contribution in [2.45, 2.75) is 25.9 Å². The maximum Gasteiger partial charge on any atom is 0.106 e. The largest absolute Gasteiger partial charge is 0.384 e. The Bertz CT molecular complexity index is 574. The van der Waals surface area contributed by atoms with Gasteiger partial charge < -0.3 is 10.4 Å². The molecule has 98 valence electrons. The number of benzene rings is 2. The summed E-state index contributed by atoms with van der Waals surface area (Å²) in [5, 5.41) is 14.0. The maximum absolute atomic E-state index is 10.6. The Hall–Kier alpha value is -1.80. The van der Waals surface area contributed by atoms with Gasteiger partial charge in [0.15, 0.2) is 0 Å². The Morgan fingerprint density at radius 1 is 1.16 bits per heavy atom. The molecule has 0 spiro atoms. The summed E-state index contributed by atoms with van der Waals surface area (Å²) in [6.07, 6.45) is 1.52. The van der Waals surface area contributed by atoms with E-state index < -0.39 is 6.10 Å². The number of rotatable bonds is 3. The van der Waals surface area contributed by atoms with Crippen LogP contribution in [0.3, 0.4) is 0 Å². The van der Waals surface area contributed by atoms with Crippen molar-refractivity contribution in [3.63, 3.8) is 0 Å². The van der Waals surface area contributed by atoms with Crippen molar-refractivity contribution in [3.05, 3.63) is 64.7 Å². The van der Waals surface area contributed by atoms with E-state index in [2.05, 4.69) is 30.4 Å². The van der Waals surface area contributed by atoms with Crippen LogP contribution in [0.4, 0.5) is 5.69 Å². The number of hydrogen-bond donors (Lipinski definition) is 2. The number of anilines is 1. The van der Waals surface area contributed by atoms with Gasteiger partial charge in [-0.15, -0.1) is 0 Å². The van der Waals surface area contributed by atoms with E-state index in [4.69, 9.17) is 0 Å². The molecular formula is C17H19NO. The lowest BCUT2D eigenvalue weighted by Crippen LogP contribution is -2.04. The molecule has 0 bridgehead atoms. The fourth-order valence-corrected chi connectivity index (χ4v) is 2.71. The molecule has 0 fully saturated rings. The van der Waals surface area contributed by atoms with Crippen LogP contribution in [-0.4, -0.2) is 11.7 Å². The fourth-order valence-electron chi connectivity index (χ4n) is 2.71. The molecule has 0 amide bonds. The third kappa shape index (κ3) is 2.24. The minimum Gasteiger partial charge on any atom is -0.384 e. The molecule has 0 aliphatic carbocycles. The van der Waals surface area contributed by atoms with Gasteiger partial charge in [0.05, 0.1) is 0 Å². The number of aliphatic hydroxyl groups is 1. The predicted octanol–water partition coefficient (Wildman–Crippen LogP) is 3.30. The van der Waals surface area contributed by atoms with Gasteiger partial charge >= 0.3 is 0 Å². The van der Waals surface area contributed by atoms with E-state index in [-0.39, 0.29) is 0 Å². The van der Waals surface area contributed by atoms with Crippen LogP contribution >= 0.6 is 0 Å². The van der Waals surface area contributed by atoms with Crippen molar-refractivity contribution < 1.29 is 5.11 Å². The van der Waals surface area contributed by atoms with Crippen LogP contribution in [0, 0.1) is 0 Å². The molecule has 1 heterocycles. The van der Waals surface area contributed by atoms with Crippen LogP contribution in [-0.2, 0) is 12.8 Å². The second-order valence-corrected chi connectivity index (χ2v) is 5.06. The zero-order valence-corrected chi connectivity index (χ0v) is 11.2.